The van der Waals surface area contributed by atoms with Crippen LogP contribution in [-0.2, 0) is 38.0 Å². The van der Waals surface area contributed by atoms with Gasteiger partial charge in [0.1, 0.15) is 23.7 Å². The molecule has 0 unspecified atom stereocenters. The van der Waals surface area contributed by atoms with Crippen LogP contribution in [0.2, 0.25) is 0 Å². The average Bonchev–Trinajstić information content (AvgIpc) is 3.54. The number of cyclic esters (lactones) is 1. The number of esters is 1. The van der Waals surface area contributed by atoms with Crippen LogP contribution in [0.25, 0.3) is 11.1 Å². The molecule has 2 aromatic carbocycles. The van der Waals surface area contributed by atoms with Gasteiger partial charge >= 0.3 is 12.1 Å². The van der Waals surface area contributed by atoms with E-state index in [2.05, 4.69) is 10.5 Å². The molecule has 0 aromatic heterocycles. The summed E-state index contributed by atoms with van der Waals surface area (Å²) in [4.78, 5) is 49.8. The number of rotatable bonds is 7. The summed E-state index contributed by atoms with van der Waals surface area (Å²) in [6.45, 7) is 14.5. The summed E-state index contributed by atoms with van der Waals surface area (Å²) in [5.41, 5.74) is -0.211. The number of amides is 1. The van der Waals surface area contributed by atoms with Crippen LogP contribution in [0.5, 0.6) is 5.75 Å². The maximum atomic E-state index is 14.6. The molecule has 2 bridgehead atoms. The van der Waals surface area contributed by atoms with Gasteiger partial charge in [-0.15, -0.1) is 0 Å². The SMILES string of the molecule is CC[C@H]1OC(=O)[C@H](C)[C@H]2OC/C(=N\Oc3cccc(-c4ccccc4)c3)CO[C@@](C)(C[C@@H](C)C(=O)[C@H](C)[C@H]3NC(=O)O[C@@]31C)[C@H](O[C@@H]1O[C@H](C)C[C@H](N(C)C)[C@H]1O)[C@H]2C. The van der Waals surface area contributed by atoms with Crippen LogP contribution in [0.15, 0.2) is 59.8 Å². The minimum absolute atomic E-state index is 0.0693. The number of aliphatic hydroxyl groups excluding tert-OH is 1. The summed E-state index contributed by atoms with van der Waals surface area (Å²) >= 11 is 0. The molecule has 4 fully saturated rings. The van der Waals surface area contributed by atoms with Crippen molar-refractivity contribution in [2.75, 3.05) is 27.3 Å². The molecule has 0 aliphatic carbocycles. The van der Waals surface area contributed by atoms with Gasteiger partial charge in [-0.3, -0.25) is 9.59 Å². The predicted octanol–water partition coefficient (Wildman–Crippen LogP) is 5.78. The maximum Gasteiger partial charge on any atom is 0.408 e. The third-order valence-corrected chi connectivity index (χ3v) is 12.9. The molecular formula is C45H63N3O11. The van der Waals surface area contributed by atoms with E-state index in [1.54, 1.807) is 20.8 Å². The Morgan fingerprint density at radius 2 is 1.66 bits per heavy atom. The van der Waals surface area contributed by atoms with E-state index in [0.29, 0.717) is 24.3 Å². The molecule has 4 saturated heterocycles. The Labute approximate surface area is 348 Å². The van der Waals surface area contributed by atoms with Crippen molar-refractivity contribution in [1.29, 1.82) is 0 Å². The van der Waals surface area contributed by atoms with Crippen molar-refractivity contribution in [3.8, 4) is 16.9 Å². The van der Waals surface area contributed by atoms with E-state index in [0.717, 1.165) is 11.1 Å². The van der Waals surface area contributed by atoms with Gasteiger partial charge in [-0.05, 0) is 84.3 Å². The van der Waals surface area contributed by atoms with Gasteiger partial charge in [0.2, 0.25) is 0 Å². The van der Waals surface area contributed by atoms with Gasteiger partial charge in [0, 0.05) is 23.8 Å². The zero-order valence-corrected chi connectivity index (χ0v) is 36.1. The summed E-state index contributed by atoms with van der Waals surface area (Å²) in [5, 5.41) is 19.1. The minimum Gasteiger partial charge on any atom is -0.458 e. The summed E-state index contributed by atoms with van der Waals surface area (Å²) in [6, 6.07) is 16.5. The van der Waals surface area contributed by atoms with Crippen molar-refractivity contribution >= 4 is 23.6 Å². The molecule has 6 rings (SSSR count). The smallest absolute Gasteiger partial charge is 0.408 e. The van der Waals surface area contributed by atoms with Crippen LogP contribution in [0.1, 0.15) is 74.7 Å². The fraction of sp³-hybridized carbons (Fsp3) is 0.644. The maximum absolute atomic E-state index is 14.6. The standard InChI is InChI=1S/C45H63N3O11/c1-11-35-45(8)39(46-43(52)58-45)27(4)36(49)25(2)22-44(7)40(57-42-37(50)34(48(9)10)20-26(3)55-42)28(5)38(29(6)41(51)56-35)53-23-32(24-54-44)47-59-33-19-15-18-31(21-33)30-16-13-12-14-17-30/h12-19,21,25-29,34-35,37-40,42,50H,11,20,22-24H2,1-10H3,(H,46,52)/b47-32+/t25-,26-,27+,28+,29-,34+,35-,37-,38+,39-,40-,42+,44+,45-/m1/s1. The van der Waals surface area contributed by atoms with Crippen LogP contribution >= 0.6 is 0 Å². The number of alkyl carbamates (subject to hydrolysis) is 1. The summed E-state index contributed by atoms with van der Waals surface area (Å²) in [6.07, 6.45) is -4.58. The molecule has 2 aromatic rings. The summed E-state index contributed by atoms with van der Waals surface area (Å²) < 4.78 is 38.9. The van der Waals surface area contributed by atoms with Crippen molar-refractivity contribution in [2.24, 2.45) is 28.8 Å². The normalized spacial score (nSPS) is 39.3. The first-order valence-corrected chi connectivity index (χ1v) is 21.0. The fourth-order valence-corrected chi connectivity index (χ4v) is 9.58. The Kier molecular flexibility index (Phi) is 13.9. The molecular weight excluding hydrogens is 759 g/mol. The molecule has 0 radical (unpaired) electrons. The van der Waals surface area contributed by atoms with Gasteiger partial charge in [-0.1, -0.05) is 75.3 Å². The van der Waals surface area contributed by atoms with Crippen LogP contribution in [0, 0.1) is 23.7 Å². The number of benzene rings is 2. The zero-order chi connectivity index (χ0) is 42.8. The monoisotopic (exact) mass is 821 g/mol. The quantitative estimate of drug-likeness (QED) is 0.256. The number of oxime groups is 1. The van der Waals surface area contributed by atoms with Gasteiger partial charge in [-0.2, -0.15) is 0 Å². The highest BCUT2D eigenvalue weighted by atomic mass is 16.7. The lowest BCUT2D eigenvalue weighted by atomic mass is 9.73. The molecule has 4 aliphatic heterocycles. The molecule has 2 N–H and O–H groups in total. The highest BCUT2D eigenvalue weighted by molar-refractivity contribution is 5.87. The molecule has 14 heteroatoms. The van der Waals surface area contributed by atoms with E-state index in [4.69, 9.17) is 33.3 Å². The Balaban J connectivity index is 1.42. The lowest BCUT2D eigenvalue weighted by Crippen LogP contribution is -2.60. The second-order valence-electron chi connectivity index (χ2n) is 17.6. The van der Waals surface area contributed by atoms with E-state index < -0.39 is 83.7 Å². The number of hydrogen-bond acceptors (Lipinski definition) is 13. The molecule has 1 amide bonds. The first-order valence-electron chi connectivity index (χ1n) is 21.0. The molecule has 0 saturated carbocycles. The molecule has 14 nitrogen and oxygen atoms in total. The molecule has 4 heterocycles. The second-order valence-corrected chi connectivity index (χ2v) is 17.6. The second kappa shape index (κ2) is 18.4. The lowest BCUT2D eigenvalue weighted by Gasteiger charge is -2.48. The third-order valence-electron chi connectivity index (χ3n) is 12.9. The first kappa shape index (κ1) is 44.6. The zero-order valence-electron chi connectivity index (χ0n) is 36.1. The van der Waals surface area contributed by atoms with E-state index >= 15 is 0 Å². The van der Waals surface area contributed by atoms with Crippen LogP contribution in [0.4, 0.5) is 4.79 Å². The first-order chi connectivity index (χ1) is 27.9. The average molecular weight is 822 g/mol. The largest absolute Gasteiger partial charge is 0.458 e. The van der Waals surface area contributed by atoms with Crippen LogP contribution in [0.3, 0.4) is 0 Å². The van der Waals surface area contributed by atoms with Gasteiger partial charge in [0.25, 0.3) is 0 Å². The lowest BCUT2D eigenvalue weighted by molar-refractivity contribution is -0.302. The summed E-state index contributed by atoms with van der Waals surface area (Å²) in [7, 11) is 3.81. The fourth-order valence-electron chi connectivity index (χ4n) is 9.58. The number of carbonyl (C=O) groups excluding carboxylic acids is 3. The number of ketones is 1. The predicted molar refractivity (Wildman–Crippen MR) is 220 cm³/mol. The highest BCUT2D eigenvalue weighted by Crippen LogP contribution is 2.42. The van der Waals surface area contributed by atoms with Crippen molar-refractivity contribution in [3.63, 3.8) is 0 Å². The number of likely N-dealkylation sites (N-methyl/N-ethyl adjacent to an activating group) is 1. The van der Waals surface area contributed by atoms with Gasteiger partial charge < -0.3 is 48.6 Å². The number of nitrogens with one attached hydrogen (secondary N) is 1. The number of nitrogens with zero attached hydrogens (tertiary/aromatic N) is 2. The van der Waals surface area contributed by atoms with E-state index in [1.807, 2.05) is 108 Å². The minimum atomic E-state index is -1.33. The number of carbonyl (C=O) groups is 3. The Morgan fingerprint density at radius 1 is 0.949 bits per heavy atom. The van der Waals surface area contributed by atoms with E-state index in [1.165, 1.54) is 0 Å². The Bertz CT molecular complexity index is 1830. The molecule has 0 spiro atoms. The third kappa shape index (κ3) is 9.53. The highest BCUT2D eigenvalue weighted by Gasteiger charge is 2.57. The van der Waals surface area contributed by atoms with Crippen molar-refractivity contribution in [3.05, 3.63) is 54.6 Å². The summed E-state index contributed by atoms with van der Waals surface area (Å²) in [5.74, 6) is -3.06. The molecule has 14 atom stereocenters. The number of hydrogen-bond donors (Lipinski definition) is 2. The Hall–Kier alpha value is -3.92. The van der Waals surface area contributed by atoms with E-state index in [9.17, 15) is 19.5 Å². The molecule has 4 aliphatic rings. The van der Waals surface area contributed by atoms with Gasteiger partial charge in [0.15, 0.2) is 17.6 Å². The van der Waals surface area contributed by atoms with Gasteiger partial charge in [0.05, 0.1) is 49.1 Å². The van der Waals surface area contributed by atoms with E-state index in [-0.39, 0.29) is 37.6 Å². The number of Topliss-reactive ketones (excluding diaryl/α,β-unsaturated/α-hetero) is 1. The number of ether oxygens (including phenoxy) is 6. The molecule has 59 heavy (non-hydrogen) atoms. The topological polar surface area (TPSA) is 164 Å². The van der Waals surface area contributed by atoms with Crippen LogP contribution in [-0.4, -0.2) is 121 Å². The van der Waals surface area contributed by atoms with Gasteiger partial charge in [-0.25, -0.2) is 4.79 Å². The molecule has 324 valence electrons. The Morgan fingerprint density at radius 3 is 2.36 bits per heavy atom. The van der Waals surface area contributed by atoms with Crippen LogP contribution < -0.4 is 10.2 Å². The number of fused-ring (bicyclic) bond motifs is 4. The van der Waals surface area contributed by atoms with Crippen molar-refractivity contribution in [2.45, 2.75) is 135 Å². The number of aliphatic hydroxyl groups is 1. The van der Waals surface area contributed by atoms with Crippen molar-refractivity contribution < 1.29 is 52.7 Å². The van der Waals surface area contributed by atoms with Crippen molar-refractivity contribution in [1.82, 2.24) is 10.2 Å².